The number of rotatable bonds is 55. The molecule has 3 fully saturated rings. The molecule has 3 aliphatic rings. The van der Waals surface area contributed by atoms with Crippen LogP contribution in [0.5, 0.6) is 0 Å². The predicted molar refractivity (Wildman–Crippen MR) is 351 cm³/mol. The fourth-order valence-electron chi connectivity index (χ4n) is 12.1. The van der Waals surface area contributed by atoms with Crippen molar-refractivity contribution in [1.29, 1.82) is 0 Å². The second-order valence-corrected chi connectivity index (χ2v) is 25.7. The maximum absolute atomic E-state index is 13.4. The van der Waals surface area contributed by atoms with Crippen molar-refractivity contribution < 1.29 is 89.4 Å². The van der Waals surface area contributed by atoms with Crippen LogP contribution >= 0.6 is 0 Å². The molecule has 19 heteroatoms. The number of allylic oxidation sites excluding steroid dienone is 8. The molecule has 90 heavy (non-hydrogen) atoms. The summed E-state index contributed by atoms with van der Waals surface area (Å²) in [7, 11) is 0. The van der Waals surface area contributed by atoms with Gasteiger partial charge in [0.2, 0.25) is 5.91 Å². The first-order chi connectivity index (χ1) is 43.8. The molecule has 19 nitrogen and oxygen atoms in total. The fourth-order valence-corrected chi connectivity index (χ4v) is 12.1. The summed E-state index contributed by atoms with van der Waals surface area (Å²) in [5, 5.41) is 121. The number of hydrogen-bond donors (Lipinski definition) is 12. The van der Waals surface area contributed by atoms with Crippen LogP contribution in [-0.2, 0) is 33.2 Å². The van der Waals surface area contributed by atoms with Gasteiger partial charge in [0.15, 0.2) is 18.9 Å². The smallest absolute Gasteiger partial charge is 0.220 e. The standard InChI is InChI=1S/C71H129NO18/c1-3-5-7-9-11-13-15-17-19-21-23-25-27-29-31-33-35-37-39-41-43-45-47-49-59(77)72-54(55(76)48-46-44-42-40-38-36-34-32-30-28-26-24-22-20-18-16-14-12-10-8-6-4-2)53-85-69-65(83)62(80)67(57(51-74)87-69)90-71-66(84)63(81)68(58(52-75)88-71)89-70-64(82)61(79)60(78)56(50-73)86-70/h5,7,11,13,17,19,23,25,54-58,60-71,73-76,78-84H,3-4,6,8-10,12,14-16,18,20-22,24,26-53H2,1-2H3,(H,72,77)/b7-5-,13-11-,19-17-,25-23-. The van der Waals surface area contributed by atoms with Gasteiger partial charge in [0.05, 0.1) is 38.6 Å². The van der Waals surface area contributed by atoms with Crippen LogP contribution in [0.2, 0.25) is 0 Å². The van der Waals surface area contributed by atoms with Gasteiger partial charge < -0.3 is 89.9 Å². The Hall–Kier alpha value is -2.25. The molecule has 12 N–H and O–H groups in total. The Balaban J connectivity index is 1.42. The van der Waals surface area contributed by atoms with Crippen LogP contribution in [0.1, 0.15) is 264 Å². The van der Waals surface area contributed by atoms with Crippen LogP contribution in [0, 0.1) is 0 Å². The van der Waals surface area contributed by atoms with Crippen LogP contribution in [0.15, 0.2) is 48.6 Å². The molecule has 3 rings (SSSR count). The normalized spacial score (nSPS) is 28.3. The first-order valence-electron chi connectivity index (χ1n) is 35.9. The maximum Gasteiger partial charge on any atom is 0.220 e. The Morgan fingerprint density at radius 3 is 1.20 bits per heavy atom. The number of nitrogens with one attached hydrogen (secondary N) is 1. The number of aliphatic hydroxyl groups is 11. The van der Waals surface area contributed by atoms with Gasteiger partial charge in [0.1, 0.15) is 73.2 Å². The zero-order chi connectivity index (χ0) is 65.4. The molecule has 0 aromatic heterocycles. The molecule has 0 aromatic rings. The largest absolute Gasteiger partial charge is 0.394 e. The summed E-state index contributed by atoms with van der Waals surface area (Å²) < 4.78 is 34.4. The number of unbranched alkanes of at least 4 members (excludes halogenated alkanes) is 31. The Bertz CT molecular complexity index is 1820. The van der Waals surface area contributed by atoms with Crippen LogP contribution in [0.25, 0.3) is 0 Å². The third kappa shape index (κ3) is 34.4. The highest BCUT2D eigenvalue weighted by Gasteiger charge is 2.53. The summed E-state index contributed by atoms with van der Waals surface area (Å²) in [5.74, 6) is -0.246. The van der Waals surface area contributed by atoms with Gasteiger partial charge in [0, 0.05) is 6.42 Å². The van der Waals surface area contributed by atoms with E-state index in [0.717, 1.165) is 77.0 Å². The second kappa shape index (κ2) is 53.0. The summed E-state index contributed by atoms with van der Waals surface area (Å²) in [4.78, 5) is 13.4. The number of ether oxygens (including phenoxy) is 6. The van der Waals surface area contributed by atoms with Crippen molar-refractivity contribution in [1.82, 2.24) is 5.32 Å². The average molecular weight is 1280 g/mol. The lowest BCUT2D eigenvalue weighted by Gasteiger charge is -2.48. The third-order valence-corrected chi connectivity index (χ3v) is 17.9. The third-order valence-electron chi connectivity index (χ3n) is 17.9. The molecule has 17 unspecified atom stereocenters. The van der Waals surface area contributed by atoms with Gasteiger partial charge in [-0.05, 0) is 51.4 Å². The number of hydrogen-bond acceptors (Lipinski definition) is 18. The lowest BCUT2D eigenvalue weighted by Crippen LogP contribution is -2.66. The Labute approximate surface area is 542 Å². The number of carbonyl (C=O) groups excluding carboxylic acids is 1. The Morgan fingerprint density at radius 1 is 0.411 bits per heavy atom. The number of carbonyl (C=O) groups is 1. The molecule has 0 spiro atoms. The molecule has 3 saturated heterocycles. The van der Waals surface area contributed by atoms with Crippen molar-refractivity contribution in [3.8, 4) is 0 Å². The first-order valence-corrected chi connectivity index (χ1v) is 35.9. The highest BCUT2D eigenvalue weighted by molar-refractivity contribution is 5.76. The van der Waals surface area contributed by atoms with E-state index in [9.17, 15) is 61.0 Å². The van der Waals surface area contributed by atoms with Gasteiger partial charge >= 0.3 is 0 Å². The van der Waals surface area contributed by atoms with Gasteiger partial charge in [-0.2, -0.15) is 0 Å². The van der Waals surface area contributed by atoms with E-state index >= 15 is 0 Å². The topological polar surface area (TPSA) is 307 Å². The molecule has 17 atom stereocenters. The van der Waals surface area contributed by atoms with Gasteiger partial charge in [-0.3, -0.25) is 4.79 Å². The van der Waals surface area contributed by atoms with E-state index < -0.39 is 124 Å². The molecular formula is C71H129NO18. The zero-order valence-electron chi connectivity index (χ0n) is 55.6. The SMILES string of the molecule is CC/C=C\C/C=C\C/C=C\C/C=C\CCCCCCCCCCCCC(=O)NC(COC1OC(CO)C(OC2OC(CO)C(OC3OC(CO)C(O)C(O)C3O)C(O)C2O)C(O)C1O)C(O)CCCCCCCCCCCCCCCCCCCCCCCC. The van der Waals surface area contributed by atoms with Crippen molar-refractivity contribution in [2.45, 2.75) is 369 Å². The molecule has 0 aliphatic carbocycles. The zero-order valence-corrected chi connectivity index (χ0v) is 55.6. The molecule has 3 aliphatic heterocycles. The van der Waals surface area contributed by atoms with Crippen molar-refractivity contribution in [3.63, 3.8) is 0 Å². The number of aliphatic hydroxyl groups excluding tert-OH is 11. The number of amides is 1. The van der Waals surface area contributed by atoms with Crippen LogP contribution in [-0.4, -0.2) is 193 Å². The monoisotopic (exact) mass is 1280 g/mol. The minimum Gasteiger partial charge on any atom is -0.394 e. The second-order valence-electron chi connectivity index (χ2n) is 25.7. The molecule has 0 saturated carbocycles. The van der Waals surface area contributed by atoms with Crippen LogP contribution in [0.3, 0.4) is 0 Å². The van der Waals surface area contributed by atoms with Gasteiger partial charge in [0.25, 0.3) is 0 Å². The lowest BCUT2D eigenvalue weighted by atomic mass is 9.96. The fraction of sp³-hybridized carbons (Fsp3) is 0.873. The van der Waals surface area contributed by atoms with Crippen molar-refractivity contribution in [3.05, 3.63) is 48.6 Å². The molecule has 0 bridgehead atoms. The van der Waals surface area contributed by atoms with Crippen LogP contribution in [0.4, 0.5) is 0 Å². The summed E-state index contributed by atoms with van der Waals surface area (Å²) >= 11 is 0. The average Bonchev–Trinajstić information content (AvgIpc) is 0.865. The van der Waals surface area contributed by atoms with E-state index in [1.165, 1.54) is 154 Å². The van der Waals surface area contributed by atoms with Crippen LogP contribution < -0.4 is 5.32 Å². The van der Waals surface area contributed by atoms with Gasteiger partial charge in [-0.25, -0.2) is 0 Å². The van der Waals surface area contributed by atoms with Gasteiger partial charge in [-0.1, -0.05) is 255 Å². The quantitative estimate of drug-likeness (QED) is 0.0199. The minimum atomic E-state index is -1.97. The Morgan fingerprint density at radius 2 is 0.767 bits per heavy atom. The molecule has 1 amide bonds. The maximum atomic E-state index is 13.4. The molecule has 0 aromatic carbocycles. The highest BCUT2D eigenvalue weighted by Crippen LogP contribution is 2.33. The van der Waals surface area contributed by atoms with Gasteiger partial charge in [-0.15, -0.1) is 0 Å². The van der Waals surface area contributed by atoms with E-state index in [0.29, 0.717) is 12.8 Å². The summed E-state index contributed by atoms with van der Waals surface area (Å²) in [6.07, 6.45) is 36.1. The molecule has 526 valence electrons. The molecule has 3 heterocycles. The van der Waals surface area contributed by atoms with Crippen molar-refractivity contribution in [2.24, 2.45) is 0 Å². The van der Waals surface area contributed by atoms with E-state index in [1.807, 2.05) is 0 Å². The Kier molecular flexibility index (Phi) is 48.2. The van der Waals surface area contributed by atoms with E-state index in [2.05, 4.69) is 67.8 Å². The van der Waals surface area contributed by atoms with Crippen molar-refractivity contribution in [2.75, 3.05) is 26.4 Å². The summed E-state index contributed by atoms with van der Waals surface area (Å²) in [6, 6.07) is -0.892. The summed E-state index contributed by atoms with van der Waals surface area (Å²) in [6.45, 7) is 1.71. The van der Waals surface area contributed by atoms with E-state index in [1.54, 1.807) is 0 Å². The lowest BCUT2D eigenvalue weighted by molar-refractivity contribution is -0.379. The molecular weight excluding hydrogens is 1150 g/mol. The highest BCUT2D eigenvalue weighted by atomic mass is 16.8. The van der Waals surface area contributed by atoms with Crippen molar-refractivity contribution >= 4 is 5.91 Å². The summed E-state index contributed by atoms with van der Waals surface area (Å²) in [5.41, 5.74) is 0. The first kappa shape index (κ1) is 82.0. The predicted octanol–water partition coefficient (Wildman–Crippen LogP) is 9.78. The van der Waals surface area contributed by atoms with E-state index in [4.69, 9.17) is 28.4 Å². The van der Waals surface area contributed by atoms with E-state index in [-0.39, 0.29) is 18.9 Å². The molecule has 0 radical (unpaired) electrons. The minimum absolute atomic E-state index is 0.246.